The number of hydrogen-bond acceptors (Lipinski definition) is 3. The number of aromatic nitrogens is 3. The molecule has 0 atom stereocenters. The van der Waals surface area contributed by atoms with Gasteiger partial charge < -0.3 is 5.32 Å². The first-order valence-corrected chi connectivity index (χ1v) is 7.03. The molecule has 4 nitrogen and oxygen atoms in total. The number of hydrogen-bond donors (Lipinski definition) is 1. The van der Waals surface area contributed by atoms with Crippen molar-refractivity contribution in [2.75, 3.05) is 5.32 Å². The SMILES string of the molecule is Cn1cc(CNc2ccnc(Cl)c2)c(-c2ccccc2)n1. The molecule has 0 aliphatic heterocycles. The Labute approximate surface area is 128 Å². The minimum Gasteiger partial charge on any atom is -0.381 e. The number of anilines is 1. The van der Waals surface area contributed by atoms with Crippen molar-refractivity contribution in [3.63, 3.8) is 0 Å². The molecular weight excluding hydrogens is 284 g/mol. The molecule has 0 fully saturated rings. The lowest BCUT2D eigenvalue weighted by Crippen LogP contribution is -2.00. The first kappa shape index (κ1) is 13.6. The normalized spacial score (nSPS) is 10.6. The van der Waals surface area contributed by atoms with E-state index in [2.05, 4.69) is 27.5 Å². The predicted octanol–water partition coefficient (Wildman–Crippen LogP) is 3.75. The van der Waals surface area contributed by atoms with E-state index in [1.54, 1.807) is 12.3 Å². The van der Waals surface area contributed by atoms with Crippen LogP contribution in [0.25, 0.3) is 11.3 Å². The summed E-state index contributed by atoms with van der Waals surface area (Å²) in [5.41, 5.74) is 4.18. The van der Waals surface area contributed by atoms with Gasteiger partial charge in [0, 0.05) is 42.8 Å². The maximum Gasteiger partial charge on any atom is 0.131 e. The fourth-order valence-corrected chi connectivity index (χ4v) is 2.39. The van der Waals surface area contributed by atoms with Crippen molar-refractivity contribution in [1.82, 2.24) is 14.8 Å². The van der Waals surface area contributed by atoms with Crippen LogP contribution >= 0.6 is 11.6 Å². The highest BCUT2D eigenvalue weighted by atomic mass is 35.5. The number of benzene rings is 1. The van der Waals surface area contributed by atoms with Crippen molar-refractivity contribution < 1.29 is 0 Å². The van der Waals surface area contributed by atoms with Crippen molar-refractivity contribution in [3.05, 3.63) is 65.6 Å². The quantitative estimate of drug-likeness (QED) is 0.746. The van der Waals surface area contributed by atoms with E-state index in [0.29, 0.717) is 11.7 Å². The van der Waals surface area contributed by atoms with E-state index in [-0.39, 0.29) is 0 Å². The Morgan fingerprint density at radius 3 is 2.76 bits per heavy atom. The van der Waals surface area contributed by atoms with Gasteiger partial charge in [-0.25, -0.2) is 4.98 Å². The van der Waals surface area contributed by atoms with Gasteiger partial charge in [-0.2, -0.15) is 5.10 Å². The molecule has 0 unspecified atom stereocenters. The van der Waals surface area contributed by atoms with E-state index in [1.165, 1.54) is 0 Å². The van der Waals surface area contributed by atoms with Crippen molar-refractivity contribution >= 4 is 17.3 Å². The third-order valence-corrected chi connectivity index (χ3v) is 3.37. The summed E-state index contributed by atoms with van der Waals surface area (Å²) in [7, 11) is 1.93. The lowest BCUT2D eigenvalue weighted by Gasteiger charge is -2.06. The number of halogens is 1. The highest BCUT2D eigenvalue weighted by molar-refractivity contribution is 6.29. The van der Waals surface area contributed by atoms with E-state index in [0.717, 1.165) is 22.5 Å². The lowest BCUT2D eigenvalue weighted by molar-refractivity contribution is 0.770. The van der Waals surface area contributed by atoms with Crippen LogP contribution in [0.3, 0.4) is 0 Å². The van der Waals surface area contributed by atoms with Gasteiger partial charge in [0.25, 0.3) is 0 Å². The van der Waals surface area contributed by atoms with Gasteiger partial charge in [-0.3, -0.25) is 4.68 Å². The van der Waals surface area contributed by atoms with Gasteiger partial charge in [0.05, 0.1) is 5.69 Å². The van der Waals surface area contributed by atoms with Crippen LogP contribution in [-0.2, 0) is 13.6 Å². The van der Waals surface area contributed by atoms with E-state index in [1.807, 2.05) is 42.2 Å². The van der Waals surface area contributed by atoms with Crippen LogP contribution < -0.4 is 5.32 Å². The molecule has 0 spiro atoms. The summed E-state index contributed by atoms with van der Waals surface area (Å²) in [5.74, 6) is 0. The number of aryl methyl sites for hydroxylation is 1. The van der Waals surface area contributed by atoms with Crippen LogP contribution in [0.15, 0.2) is 54.9 Å². The Kier molecular flexibility index (Phi) is 3.88. The van der Waals surface area contributed by atoms with Crippen molar-refractivity contribution in [2.24, 2.45) is 7.05 Å². The van der Waals surface area contributed by atoms with Crippen molar-refractivity contribution in [1.29, 1.82) is 0 Å². The second-order valence-corrected chi connectivity index (χ2v) is 5.15. The summed E-state index contributed by atoms with van der Waals surface area (Å²) >= 11 is 5.89. The van der Waals surface area contributed by atoms with E-state index in [4.69, 9.17) is 11.6 Å². The van der Waals surface area contributed by atoms with Crippen LogP contribution in [0.4, 0.5) is 5.69 Å². The summed E-state index contributed by atoms with van der Waals surface area (Å²) in [4.78, 5) is 3.97. The minimum atomic E-state index is 0.481. The summed E-state index contributed by atoms with van der Waals surface area (Å²) < 4.78 is 1.83. The zero-order valence-corrected chi connectivity index (χ0v) is 12.4. The van der Waals surface area contributed by atoms with Gasteiger partial charge in [-0.15, -0.1) is 0 Å². The van der Waals surface area contributed by atoms with Gasteiger partial charge in [0.15, 0.2) is 0 Å². The maximum absolute atomic E-state index is 5.89. The molecule has 3 rings (SSSR count). The number of nitrogens with zero attached hydrogens (tertiary/aromatic N) is 3. The number of rotatable bonds is 4. The monoisotopic (exact) mass is 298 g/mol. The molecule has 2 aromatic heterocycles. The first-order chi connectivity index (χ1) is 10.2. The fourth-order valence-electron chi connectivity index (χ4n) is 2.22. The Hall–Kier alpha value is -2.33. The molecule has 2 heterocycles. The average Bonchev–Trinajstić information content (AvgIpc) is 2.87. The molecule has 0 radical (unpaired) electrons. The Morgan fingerprint density at radius 2 is 2.00 bits per heavy atom. The first-order valence-electron chi connectivity index (χ1n) is 6.66. The molecule has 0 bridgehead atoms. The second kappa shape index (κ2) is 5.97. The van der Waals surface area contributed by atoms with Crippen LogP contribution in [0.5, 0.6) is 0 Å². The minimum absolute atomic E-state index is 0.481. The number of pyridine rings is 1. The van der Waals surface area contributed by atoms with Crippen LogP contribution in [0.2, 0.25) is 5.15 Å². The molecule has 0 aliphatic rings. The largest absolute Gasteiger partial charge is 0.381 e. The number of nitrogens with one attached hydrogen (secondary N) is 1. The highest BCUT2D eigenvalue weighted by Gasteiger charge is 2.09. The zero-order valence-electron chi connectivity index (χ0n) is 11.6. The van der Waals surface area contributed by atoms with E-state index >= 15 is 0 Å². The molecule has 0 amide bonds. The van der Waals surface area contributed by atoms with E-state index in [9.17, 15) is 0 Å². The topological polar surface area (TPSA) is 42.7 Å². The third-order valence-electron chi connectivity index (χ3n) is 3.16. The smallest absolute Gasteiger partial charge is 0.131 e. The Bertz CT molecular complexity index is 737. The second-order valence-electron chi connectivity index (χ2n) is 4.76. The van der Waals surface area contributed by atoms with Crippen LogP contribution in [0, 0.1) is 0 Å². The van der Waals surface area contributed by atoms with Gasteiger partial charge in [-0.05, 0) is 12.1 Å². The summed E-state index contributed by atoms with van der Waals surface area (Å²) in [6.07, 6.45) is 3.71. The third kappa shape index (κ3) is 3.23. The Balaban J connectivity index is 1.83. The molecule has 21 heavy (non-hydrogen) atoms. The van der Waals surface area contributed by atoms with Gasteiger partial charge >= 0.3 is 0 Å². The molecule has 5 heteroatoms. The van der Waals surface area contributed by atoms with E-state index < -0.39 is 0 Å². The lowest BCUT2D eigenvalue weighted by atomic mass is 10.1. The summed E-state index contributed by atoms with van der Waals surface area (Å²) in [6.45, 7) is 0.679. The fraction of sp³-hybridized carbons (Fsp3) is 0.125. The van der Waals surface area contributed by atoms with Crippen molar-refractivity contribution in [2.45, 2.75) is 6.54 Å². The van der Waals surface area contributed by atoms with Gasteiger partial charge in [0.2, 0.25) is 0 Å². The van der Waals surface area contributed by atoms with Crippen molar-refractivity contribution in [3.8, 4) is 11.3 Å². The highest BCUT2D eigenvalue weighted by Crippen LogP contribution is 2.22. The predicted molar refractivity (Wildman–Crippen MR) is 85.2 cm³/mol. The molecule has 0 saturated heterocycles. The Morgan fingerprint density at radius 1 is 1.19 bits per heavy atom. The molecule has 1 aromatic carbocycles. The average molecular weight is 299 g/mol. The summed E-state index contributed by atoms with van der Waals surface area (Å²) in [5, 5.41) is 8.38. The maximum atomic E-state index is 5.89. The molecule has 1 N–H and O–H groups in total. The van der Waals surface area contributed by atoms with Crippen LogP contribution in [-0.4, -0.2) is 14.8 Å². The van der Waals surface area contributed by atoms with Crippen LogP contribution in [0.1, 0.15) is 5.56 Å². The molecule has 0 saturated carbocycles. The van der Waals surface area contributed by atoms with Gasteiger partial charge in [0.1, 0.15) is 5.15 Å². The molecule has 3 aromatic rings. The summed E-state index contributed by atoms with van der Waals surface area (Å²) in [6, 6.07) is 13.9. The standard InChI is InChI=1S/C16H15ClN4/c1-21-11-13(10-19-14-7-8-18-15(17)9-14)16(20-21)12-5-3-2-4-6-12/h2-9,11H,10H2,1H3,(H,18,19). The molecular formula is C16H15ClN4. The zero-order chi connectivity index (χ0) is 14.7. The van der Waals surface area contributed by atoms with Gasteiger partial charge in [-0.1, -0.05) is 41.9 Å². The molecule has 0 aliphatic carbocycles. The molecule has 106 valence electrons.